The largest absolute Gasteiger partial charge is 0.417 e. The van der Waals surface area contributed by atoms with Crippen LogP contribution in [0.1, 0.15) is 12.5 Å². The molecule has 0 fully saturated rings. The number of aromatic nitrogens is 2. The first-order valence-corrected chi connectivity index (χ1v) is 9.15. The molecule has 0 aliphatic rings. The molecule has 0 amide bonds. The second kappa shape index (κ2) is 5.87. The number of hydrogen-bond donors (Lipinski definition) is 0. The topological polar surface area (TPSA) is 52.0 Å². The van der Waals surface area contributed by atoms with Crippen molar-refractivity contribution in [2.75, 3.05) is 5.75 Å². The van der Waals surface area contributed by atoms with E-state index in [1.165, 1.54) is 12.1 Å². The van der Waals surface area contributed by atoms with Crippen LogP contribution in [0, 0.1) is 0 Å². The number of nitrogens with zero attached hydrogens (tertiary/aromatic N) is 2. The summed E-state index contributed by atoms with van der Waals surface area (Å²) < 4.78 is 64.9. The summed E-state index contributed by atoms with van der Waals surface area (Å²) in [6.07, 6.45) is -3.71. The summed E-state index contributed by atoms with van der Waals surface area (Å²) in [5.41, 5.74) is 0.450. The van der Waals surface area contributed by atoms with Gasteiger partial charge < -0.3 is 4.57 Å². The van der Waals surface area contributed by atoms with E-state index in [0.717, 1.165) is 12.3 Å². The third kappa shape index (κ3) is 3.02. The normalized spacial score (nSPS) is 12.7. The number of benzene rings is 1. The molecule has 0 unspecified atom stereocenters. The molecule has 0 aliphatic heterocycles. The van der Waals surface area contributed by atoms with E-state index in [-0.39, 0.29) is 10.6 Å². The quantitative estimate of drug-likeness (QED) is 0.701. The Morgan fingerprint density at radius 2 is 1.84 bits per heavy atom. The van der Waals surface area contributed by atoms with Crippen LogP contribution in [0.3, 0.4) is 0 Å². The molecule has 2 heterocycles. The summed E-state index contributed by atoms with van der Waals surface area (Å²) in [5.74, 6) is -0.0651. The van der Waals surface area contributed by atoms with E-state index in [1.807, 2.05) is 0 Å². The number of sulfone groups is 1. The van der Waals surface area contributed by atoms with Crippen LogP contribution >= 0.6 is 0 Å². The first kappa shape index (κ1) is 17.5. The molecule has 2 aromatic heterocycles. The summed E-state index contributed by atoms with van der Waals surface area (Å²) >= 11 is 0. The van der Waals surface area contributed by atoms with E-state index in [0.29, 0.717) is 22.3 Å². The number of fused-ring (bicyclic) bond motifs is 1. The van der Waals surface area contributed by atoms with Crippen molar-refractivity contribution in [2.24, 2.45) is 7.05 Å². The fourth-order valence-corrected chi connectivity index (χ4v) is 3.84. The van der Waals surface area contributed by atoms with Crippen LogP contribution in [0.15, 0.2) is 47.5 Å². The summed E-state index contributed by atoms with van der Waals surface area (Å²) in [4.78, 5) is 4.05. The number of aryl methyl sites for hydroxylation is 1. The van der Waals surface area contributed by atoms with Crippen molar-refractivity contribution >= 4 is 20.9 Å². The van der Waals surface area contributed by atoms with E-state index in [4.69, 9.17) is 0 Å². The average Bonchev–Trinajstić information content (AvgIpc) is 2.90. The molecule has 0 saturated carbocycles. The first-order chi connectivity index (χ1) is 11.6. The first-order valence-electron chi connectivity index (χ1n) is 7.50. The average molecular weight is 368 g/mol. The Kier molecular flexibility index (Phi) is 4.10. The molecule has 25 heavy (non-hydrogen) atoms. The van der Waals surface area contributed by atoms with Crippen molar-refractivity contribution in [1.29, 1.82) is 0 Å². The van der Waals surface area contributed by atoms with Crippen molar-refractivity contribution < 1.29 is 21.6 Å². The Hall–Kier alpha value is -2.35. The van der Waals surface area contributed by atoms with Crippen molar-refractivity contribution in [1.82, 2.24) is 9.55 Å². The lowest BCUT2D eigenvalue weighted by atomic mass is 10.1. The Labute approximate surface area is 142 Å². The van der Waals surface area contributed by atoms with Crippen LogP contribution in [-0.2, 0) is 23.1 Å². The van der Waals surface area contributed by atoms with Crippen molar-refractivity contribution in [2.45, 2.75) is 18.0 Å². The highest BCUT2D eigenvalue weighted by atomic mass is 32.2. The van der Waals surface area contributed by atoms with Gasteiger partial charge in [-0.25, -0.2) is 13.4 Å². The molecule has 0 radical (unpaired) electrons. The molecule has 0 bridgehead atoms. The summed E-state index contributed by atoms with van der Waals surface area (Å²) in [6.45, 7) is 1.55. The second-order valence-corrected chi connectivity index (χ2v) is 7.87. The number of pyridine rings is 1. The number of rotatable bonds is 3. The van der Waals surface area contributed by atoms with Gasteiger partial charge >= 0.3 is 6.18 Å². The molecule has 0 saturated heterocycles. The molecule has 0 spiro atoms. The minimum absolute atomic E-state index is 0.0651. The maximum Gasteiger partial charge on any atom is 0.417 e. The van der Waals surface area contributed by atoms with Crippen LogP contribution < -0.4 is 0 Å². The molecule has 3 aromatic rings. The zero-order valence-corrected chi connectivity index (χ0v) is 14.3. The number of hydrogen-bond acceptors (Lipinski definition) is 3. The van der Waals surface area contributed by atoms with Gasteiger partial charge in [0, 0.05) is 24.2 Å². The Bertz CT molecular complexity index is 1050. The van der Waals surface area contributed by atoms with E-state index >= 15 is 0 Å². The van der Waals surface area contributed by atoms with Gasteiger partial charge in [0.25, 0.3) is 0 Å². The standard InChI is InChI=1S/C17H15F3N2O2S/c1-3-25(23,24)15-7-5-4-6-13(15)14-9-11-8-12(17(18,19)20)10-21-16(11)22(14)2/h4-10H,3H2,1-2H3. The zero-order valence-electron chi connectivity index (χ0n) is 13.5. The maximum absolute atomic E-state index is 12.9. The van der Waals surface area contributed by atoms with Gasteiger partial charge in [-0.3, -0.25) is 0 Å². The van der Waals surface area contributed by atoms with Crippen molar-refractivity contribution in [3.63, 3.8) is 0 Å². The lowest BCUT2D eigenvalue weighted by Crippen LogP contribution is -2.07. The minimum atomic E-state index is -4.49. The summed E-state index contributed by atoms with van der Waals surface area (Å²) in [5, 5.41) is 0.302. The highest BCUT2D eigenvalue weighted by Gasteiger charge is 2.31. The van der Waals surface area contributed by atoms with E-state index < -0.39 is 21.6 Å². The van der Waals surface area contributed by atoms with Crippen LogP contribution in [0.25, 0.3) is 22.3 Å². The predicted octanol–water partition coefficient (Wildman–Crippen LogP) is 4.05. The van der Waals surface area contributed by atoms with E-state index in [9.17, 15) is 21.6 Å². The highest BCUT2D eigenvalue weighted by molar-refractivity contribution is 7.91. The van der Waals surface area contributed by atoms with Crippen LogP contribution in [0.2, 0.25) is 0 Å². The fraction of sp³-hybridized carbons (Fsp3) is 0.235. The second-order valence-electron chi connectivity index (χ2n) is 5.62. The molecule has 0 atom stereocenters. The minimum Gasteiger partial charge on any atom is -0.328 e. The van der Waals surface area contributed by atoms with Crippen molar-refractivity contribution in [3.8, 4) is 11.3 Å². The molecule has 4 nitrogen and oxygen atoms in total. The molecule has 1 aromatic carbocycles. The smallest absolute Gasteiger partial charge is 0.328 e. The van der Waals surface area contributed by atoms with E-state index in [2.05, 4.69) is 4.98 Å². The molecule has 8 heteroatoms. The number of halogens is 3. The van der Waals surface area contributed by atoms with Gasteiger partial charge in [-0.05, 0) is 18.2 Å². The third-order valence-corrected chi connectivity index (χ3v) is 5.86. The summed E-state index contributed by atoms with van der Waals surface area (Å²) in [7, 11) is -1.83. The van der Waals surface area contributed by atoms with Crippen LogP contribution in [0.4, 0.5) is 13.2 Å². The van der Waals surface area contributed by atoms with Gasteiger partial charge in [0.15, 0.2) is 9.84 Å². The van der Waals surface area contributed by atoms with Gasteiger partial charge in [0.1, 0.15) is 5.65 Å². The predicted molar refractivity (Wildman–Crippen MR) is 88.9 cm³/mol. The zero-order chi connectivity index (χ0) is 18.4. The lowest BCUT2D eigenvalue weighted by Gasteiger charge is -2.10. The fourth-order valence-electron chi connectivity index (χ4n) is 2.74. The maximum atomic E-state index is 12.9. The van der Waals surface area contributed by atoms with Gasteiger partial charge in [0.2, 0.25) is 0 Å². The molecule has 3 rings (SSSR count). The van der Waals surface area contributed by atoms with Crippen molar-refractivity contribution in [3.05, 3.63) is 48.2 Å². The SMILES string of the molecule is CCS(=O)(=O)c1ccccc1-c1cc2cc(C(F)(F)F)cnc2n1C. The molecular formula is C17H15F3N2O2S. The van der Waals surface area contributed by atoms with Gasteiger partial charge in [-0.2, -0.15) is 13.2 Å². The Morgan fingerprint density at radius 3 is 2.48 bits per heavy atom. The van der Waals surface area contributed by atoms with Gasteiger partial charge in [-0.15, -0.1) is 0 Å². The van der Waals surface area contributed by atoms with Gasteiger partial charge in [0.05, 0.1) is 21.9 Å². The Balaban J connectivity index is 2.26. The molecule has 0 aliphatic carbocycles. The van der Waals surface area contributed by atoms with Crippen LogP contribution in [-0.4, -0.2) is 23.7 Å². The molecule has 132 valence electrons. The summed E-state index contributed by atoms with van der Waals surface area (Å²) in [6, 6.07) is 9.00. The number of alkyl halides is 3. The lowest BCUT2D eigenvalue weighted by molar-refractivity contribution is -0.137. The van der Waals surface area contributed by atoms with Gasteiger partial charge in [-0.1, -0.05) is 25.1 Å². The molecule has 0 N–H and O–H groups in total. The Morgan fingerprint density at radius 1 is 1.16 bits per heavy atom. The highest BCUT2D eigenvalue weighted by Crippen LogP contribution is 2.34. The molecular weight excluding hydrogens is 353 g/mol. The third-order valence-electron chi connectivity index (χ3n) is 4.07. The van der Waals surface area contributed by atoms with Crippen LogP contribution in [0.5, 0.6) is 0 Å². The monoisotopic (exact) mass is 368 g/mol. The van der Waals surface area contributed by atoms with E-state index in [1.54, 1.807) is 36.7 Å².